The van der Waals surface area contributed by atoms with Gasteiger partial charge < -0.3 is 36.4 Å². The van der Waals surface area contributed by atoms with Crippen LogP contribution in [0.2, 0.25) is 0 Å². The molecule has 0 heterocycles. The molecule has 4 atom stereocenters. The van der Waals surface area contributed by atoms with Crippen molar-refractivity contribution in [1.29, 1.82) is 0 Å². The van der Waals surface area contributed by atoms with E-state index in [1.165, 1.54) is 4.90 Å². The van der Waals surface area contributed by atoms with E-state index in [0.717, 1.165) is 18.5 Å². The van der Waals surface area contributed by atoms with Gasteiger partial charge in [-0.1, -0.05) is 13.8 Å². The highest BCUT2D eigenvalue weighted by atomic mass is 16.3. The second-order valence-corrected chi connectivity index (χ2v) is 13.3. The van der Waals surface area contributed by atoms with Crippen LogP contribution in [-0.4, -0.2) is 88.7 Å². The van der Waals surface area contributed by atoms with Crippen LogP contribution in [0.25, 0.3) is 5.76 Å². The third-order valence-corrected chi connectivity index (χ3v) is 9.44. The second-order valence-electron chi connectivity index (χ2n) is 13.3. The topological polar surface area (TPSA) is 177 Å². The SMILES string of the molecule is CN(C)c1cc(CNC2CC(C)(C)C2)c(O)c2c1C[C@H]1C[C@H]3[C@H](N(C)C)C(=O)C(C(N)=O)=C(O)[C@@]3(O)C(=O)C1=C2O. The molecule has 4 aliphatic carbocycles. The number of Topliss-reactive ketones (excluding diaryl/α,β-unsaturated/α-hetero) is 2. The summed E-state index contributed by atoms with van der Waals surface area (Å²) in [6.45, 7) is 4.76. The molecular formula is C30H40N4O7. The number of phenolic OH excluding ortho intramolecular Hbond substituents is 1. The monoisotopic (exact) mass is 568 g/mol. The molecular weight excluding hydrogens is 528 g/mol. The molecule has 222 valence electrons. The number of aromatic hydroxyl groups is 1. The number of rotatable bonds is 6. The average molecular weight is 569 g/mol. The first-order valence-corrected chi connectivity index (χ1v) is 13.9. The molecule has 11 nitrogen and oxygen atoms in total. The van der Waals surface area contributed by atoms with E-state index in [9.17, 15) is 34.8 Å². The number of phenols is 1. The number of nitrogens with two attached hydrogens (primary N) is 1. The summed E-state index contributed by atoms with van der Waals surface area (Å²) in [5.74, 6) is -6.48. The minimum Gasteiger partial charge on any atom is -0.508 e. The van der Waals surface area contributed by atoms with Crippen molar-refractivity contribution in [3.8, 4) is 5.75 Å². The smallest absolute Gasteiger partial charge is 0.255 e. The van der Waals surface area contributed by atoms with Crippen LogP contribution in [-0.2, 0) is 27.3 Å². The Balaban J connectivity index is 1.64. The van der Waals surface area contributed by atoms with Crippen molar-refractivity contribution < 1.29 is 34.8 Å². The number of likely N-dealkylation sites (N-methyl/N-ethyl adjacent to an activating group) is 1. The van der Waals surface area contributed by atoms with Crippen molar-refractivity contribution >= 4 is 28.9 Å². The quantitative estimate of drug-likeness (QED) is 0.274. The van der Waals surface area contributed by atoms with Gasteiger partial charge in [0.05, 0.1) is 11.6 Å². The molecule has 0 spiro atoms. The van der Waals surface area contributed by atoms with Gasteiger partial charge in [-0.25, -0.2) is 0 Å². The van der Waals surface area contributed by atoms with E-state index in [0.29, 0.717) is 23.7 Å². The number of aliphatic hydroxyl groups excluding tert-OH is 2. The van der Waals surface area contributed by atoms with E-state index in [-0.39, 0.29) is 35.1 Å². The Morgan fingerprint density at radius 3 is 2.29 bits per heavy atom. The minimum atomic E-state index is -2.65. The summed E-state index contributed by atoms with van der Waals surface area (Å²) in [7, 11) is 6.87. The Bertz CT molecular complexity index is 1420. The molecule has 1 aromatic carbocycles. The largest absolute Gasteiger partial charge is 0.508 e. The summed E-state index contributed by atoms with van der Waals surface area (Å²) in [5.41, 5.74) is 4.12. The Morgan fingerprint density at radius 2 is 1.76 bits per heavy atom. The fourth-order valence-corrected chi connectivity index (χ4v) is 7.55. The number of carbonyl (C=O) groups is 3. The van der Waals surface area contributed by atoms with Crippen LogP contribution in [0.15, 0.2) is 23.0 Å². The molecule has 0 bridgehead atoms. The van der Waals surface area contributed by atoms with Crippen LogP contribution in [0.5, 0.6) is 5.75 Å². The first kappa shape index (κ1) is 29.1. The minimum absolute atomic E-state index is 0.0557. The number of anilines is 1. The van der Waals surface area contributed by atoms with Gasteiger partial charge >= 0.3 is 0 Å². The molecule has 1 aromatic rings. The molecule has 2 fully saturated rings. The van der Waals surface area contributed by atoms with Crippen LogP contribution in [0.3, 0.4) is 0 Å². The predicted octanol–water partition coefficient (Wildman–Crippen LogP) is 1.31. The van der Waals surface area contributed by atoms with E-state index >= 15 is 0 Å². The molecule has 41 heavy (non-hydrogen) atoms. The van der Waals surface area contributed by atoms with Crippen molar-refractivity contribution in [3.63, 3.8) is 0 Å². The lowest BCUT2D eigenvalue weighted by Gasteiger charge is -2.50. The lowest BCUT2D eigenvalue weighted by molar-refractivity contribution is -0.153. The van der Waals surface area contributed by atoms with Crippen LogP contribution in [0.1, 0.15) is 49.8 Å². The summed E-state index contributed by atoms with van der Waals surface area (Å²) in [5, 5.41) is 49.3. The van der Waals surface area contributed by atoms with Crippen LogP contribution >= 0.6 is 0 Å². The molecule has 7 N–H and O–H groups in total. The Morgan fingerprint density at radius 1 is 1.12 bits per heavy atom. The Labute approximate surface area is 239 Å². The van der Waals surface area contributed by atoms with E-state index < -0.39 is 58.0 Å². The number of nitrogens with one attached hydrogen (secondary N) is 1. The number of primary amides is 1. The highest BCUT2D eigenvalue weighted by Gasteiger charge is 2.64. The molecule has 1 amide bonds. The van der Waals surface area contributed by atoms with Gasteiger partial charge in [-0.3, -0.25) is 19.3 Å². The molecule has 5 rings (SSSR count). The van der Waals surface area contributed by atoms with Gasteiger partial charge in [0.25, 0.3) is 5.91 Å². The van der Waals surface area contributed by atoms with Gasteiger partial charge in [-0.05, 0) is 62.7 Å². The molecule has 4 aliphatic rings. The Kier molecular flexibility index (Phi) is 6.79. The highest BCUT2D eigenvalue weighted by molar-refractivity contribution is 6.24. The molecule has 0 radical (unpaired) electrons. The van der Waals surface area contributed by atoms with Gasteiger partial charge in [0.15, 0.2) is 11.4 Å². The predicted molar refractivity (Wildman–Crippen MR) is 152 cm³/mol. The van der Waals surface area contributed by atoms with Crippen molar-refractivity contribution in [3.05, 3.63) is 39.7 Å². The molecule has 0 aromatic heterocycles. The van der Waals surface area contributed by atoms with Gasteiger partial charge in [-0.15, -0.1) is 0 Å². The lowest BCUT2D eigenvalue weighted by atomic mass is 9.57. The highest BCUT2D eigenvalue weighted by Crippen LogP contribution is 2.54. The fourth-order valence-electron chi connectivity index (χ4n) is 7.55. The summed E-state index contributed by atoms with van der Waals surface area (Å²) in [6, 6.07) is 1.07. The van der Waals surface area contributed by atoms with E-state index in [4.69, 9.17) is 5.73 Å². The molecule has 0 aliphatic heterocycles. The number of carbonyl (C=O) groups excluding carboxylic acids is 3. The maximum Gasteiger partial charge on any atom is 0.255 e. The maximum atomic E-state index is 14.1. The Hall–Kier alpha value is -3.41. The normalized spacial score (nSPS) is 29.2. The molecule has 2 saturated carbocycles. The van der Waals surface area contributed by atoms with E-state index in [2.05, 4.69) is 19.2 Å². The van der Waals surface area contributed by atoms with Gasteiger partial charge in [0.2, 0.25) is 5.78 Å². The summed E-state index contributed by atoms with van der Waals surface area (Å²) in [4.78, 5) is 42.9. The summed E-state index contributed by atoms with van der Waals surface area (Å²) < 4.78 is 0. The lowest BCUT2D eigenvalue weighted by Crippen LogP contribution is -2.65. The van der Waals surface area contributed by atoms with Crippen molar-refractivity contribution in [2.24, 2.45) is 23.0 Å². The standard InChI is InChI=1S/C30H40N4O7/c1-29(2)10-15(11-29)32-12-14-9-18(33(3)4)16-7-13-8-17-22(34(5)6)25(37)21(28(31)40)27(39)30(17,41)26(38)19(13)24(36)20(16)23(14)35/h9,13,15,17,22,32,35-36,39,41H,7-8,10-12H2,1-6H3,(H2,31,40)/t13-,17-,22-,30-/m0/s1. The number of hydrogen-bond donors (Lipinski definition) is 6. The van der Waals surface area contributed by atoms with Crippen LogP contribution in [0, 0.1) is 17.3 Å². The van der Waals surface area contributed by atoms with Gasteiger partial charge in [0, 0.05) is 49.4 Å². The van der Waals surface area contributed by atoms with Crippen molar-refractivity contribution in [2.45, 2.75) is 63.8 Å². The third kappa shape index (κ3) is 4.24. The van der Waals surface area contributed by atoms with Crippen molar-refractivity contribution in [2.75, 3.05) is 33.1 Å². The van der Waals surface area contributed by atoms with Gasteiger partial charge in [0.1, 0.15) is 22.8 Å². The van der Waals surface area contributed by atoms with E-state index in [1.54, 1.807) is 14.1 Å². The first-order chi connectivity index (χ1) is 19.0. The maximum absolute atomic E-state index is 14.1. The molecule has 0 saturated heterocycles. The first-order valence-electron chi connectivity index (χ1n) is 13.9. The third-order valence-electron chi connectivity index (χ3n) is 9.44. The van der Waals surface area contributed by atoms with Crippen LogP contribution in [0.4, 0.5) is 5.69 Å². The summed E-state index contributed by atoms with van der Waals surface area (Å²) >= 11 is 0. The zero-order valence-electron chi connectivity index (χ0n) is 24.4. The number of fused-ring (bicyclic) bond motifs is 3. The number of aliphatic hydroxyl groups is 3. The zero-order chi connectivity index (χ0) is 30.3. The van der Waals surface area contributed by atoms with E-state index in [1.807, 2.05) is 25.1 Å². The molecule has 11 heteroatoms. The number of amides is 1. The average Bonchev–Trinajstić information content (AvgIpc) is 2.83. The summed E-state index contributed by atoms with van der Waals surface area (Å²) in [6.07, 6.45) is 2.32. The number of nitrogens with zero attached hydrogens (tertiary/aromatic N) is 2. The number of benzene rings is 1. The fraction of sp³-hybridized carbons (Fsp3) is 0.567. The number of hydrogen-bond acceptors (Lipinski definition) is 10. The second kappa shape index (κ2) is 9.57. The van der Waals surface area contributed by atoms with Gasteiger partial charge in [-0.2, -0.15) is 0 Å². The molecule has 0 unspecified atom stereocenters. The zero-order valence-corrected chi connectivity index (χ0v) is 24.4. The van der Waals surface area contributed by atoms with Crippen molar-refractivity contribution in [1.82, 2.24) is 10.2 Å². The number of ketones is 2. The van der Waals surface area contributed by atoms with Crippen LogP contribution < -0.4 is 16.0 Å².